The summed E-state index contributed by atoms with van der Waals surface area (Å²) in [5.74, 6) is 1.38. The second-order valence-electron chi connectivity index (χ2n) is 6.79. The molecule has 1 unspecified atom stereocenters. The van der Waals surface area contributed by atoms with Gasteiger partial charge in [-0.25, -0.2) is 0 Å². The Labute approximate surface area is 136 Å². The van der Waals surface area contributed by atoms with E-state index in [1.165, 1.54) is 6.42 Å². The maximum absolute atomic E-state index is 11.0. The van der Waals surface area contributed by atoms with Crippen LogP contribution in [0.4, 0.5) is 0 Å². The molecule has 0 amide bonds. The van der Waals surface area contributed by atoms with E-state index in [2.05, 4.69) is 22.5 Å². The number of pyridine rings is 1. The highest BCUT2D eigenvalue weighted by Gasteiger charge is 2.42. The quantitative estimate of drug-likeness (QED) is 0.856. The molecule has 1 aromatic carbocycles. The third-order valence-electron chi connectivity index (χ3n) is 5.60. The first kappa shape index (κ1) is 14.7. The normalized spacial score (nSPS) is 31.2. The summed E-state index contributed by atoms with van der Waals surface area (Å²) in [5.41, 5.74) is 1.66. The Bertz CT molecular complexity index is 745. The van der Waals surface area contributed by atoms with Crippen LogP contribution >= 0.6 is 0 Å². The molecule has 3 aliphatic rings. The predicted molar refractivity (Wildman–Crippen MR) is 90.1 cm³/mol. The van der Waals surface area contributed by atoms with Gasteiger partial charge in [0.15, 0.2) is 0 Å². The number of aromatic hydroxyl groups is 1. The molecule has 0 radical (unpaired) electrons. The topological polar surface area (TPSA) is 56.6 Å². The minimum Gasteiger partial charge on any atom is -0.508 e. The largest absolute Gasteiger partial charge is 0.508 e. The van der Waals surface area contributed by atoms with Gasteiger partial charge in [-0.3, -0.25) is 9.88 Å². The molecule has 23 heavy (non-hydrogen) atoms. The Balaban J connectivity index is 1.69. The van der Waals surface area contributed by atoms with Gasteiger partial charge in [0.1, 0.15) is 5.75 Å². The Kier molecular flexibility index (Phi) is 3.58. The van der Waals surface area contributed by atoms with Gasteiger partial charge in [-0.2, -0.15) is 0 Å². The SMILES string of the molecule is C=C[C@@H]1CN2CC[C@H]1C[C@@H]2[C@@H](O)c1ccnc2ccc(O)cc12. The molecule has 3 aliphatic heterocycles. The van der Waals surface area contributed by atoms with Crippen LogP contribution in [0.15, 0.2) is 43.1 Å². The summed E-state index contributed by atoms with van der Waals surface area (Å²) in [7, 11) is 0. The third kappa shape index (κ3) is 2.42. The number of aromatic nitrogens is 1. The molecule has 0 spiro atoms. The van der Waals surface area contributed by atoms with Crippen molar-refractivity contribution < 1.29 is 10.2 Å². The Morgan fingerprint density at radius 3 is 2.96 bits per heavy atom. The Morgan fingerprint density at radius 1 is 1.35 bits per heavy atom. The molecule has 3 saturated heterocycles. The number of phenols is 1. The second-order valence-corrected chi connectivity index (χ2v) is 6.79. The average molecular weight is 310 g/mol. The summed E-state index contributed by atoms with van der Waals surface area (Å²) in [4.78, 5) is 6.73. The van der Waals surface area contributed by atoms with Crippen LogP contribution in [0.5, 0.6) is 5.75 Å². The average Bonchev–Trinajstić information content (AvgIpc) is 2.60. The number of fused-ring (bicyclic) bond motifs is 4. The van der Waals surface area contributed by atoms with Gasteiger partial charge < -0.3 is 10.2 Å². The zero-order valence-corrected chi connectivity index (χ0v) is 13.1. The molecule has 2 N–H and O–H groups in total. The van der Waals surface area contributed by atoms with Gasteiger partial charge in [0.25, 0.3) is 0 Å². The number of nitrogens with zero attached hydrogens (tertiary/aromatic N) is 2. The van der Waals surface area contributed by atoms with Crippen molar-refractivity contribution in [1.29, 1.82) is 0 Å². The number of hydrogen-bond donors (Lipinski definition) is 2. The van der Waals surface area contributed by atoms with Gasteiger partial charge in [-0.1, -0.05) is 6.08 Å². The van der Waals surface area contributed by atoms with E-state index in [1.807, 2.05) is 6.07 Å². The van der Waals surface area contributed by atoms with E-state index in [0.717, 1.165) is 36.0 Å². The van der Waals surface area contributed by atoms with Crippen LogP contribution in [0.2, 0.25) is 0 Å². The van der Waals surface area contributed by atoms with Crippen LogP contribution in [-0.4, -0.2) is 39.2 Å². The van der Waals surface area contributed by atoms with Gasteiger partial charge in [0.05, 0.1) is 11.6 Å². The smallest absolute Gasteiger partial charge is 0.116 e. The summed E-state index contributed by atoms with van der Waals surface area (Å²) in [6.07, 6.45) is 5.44. The van der Waals surface area contributed by atoms with Crippen molar-refractivity contribution in [3.63, 3.8) is 0 Å². The molecule has 4 nitrogen and oxygen atoms in total. The van der Waals surface area contributed by atoms with Crippen molar-refractivity contribution in [2.75, 3.05) is 13.1 Å². The van der Waals surface area contributed by atoms with E-state index in [9.17, 15) is 10.2 Å². The van der Waals surface area contributed by atoms with Crippen molar-refractivity contribution in [3.05, 3.63) is 48.7 Å². The van der Waals surface area contributed by atoms with Crippen LogP contribution in [0, 0.1) is 11.8 Å². The van der Waals surface area contributed by atoms with E-state index in [0.29, 0.717) is 11.8 Å². The molecule has 2 bridgehead atoms. The van der Waals surface area contributed by atoms with E-state index in [1.54, 1.807) is 24.4 Å². The predicted octanol–water partition coefficient (Wildman–Crippen LogP) is 2.87. The number of piperidine rings is 3. The molecular formula is C19H22N2O2. The first-order valence-electron chi connectivity index (χ1n) is 8.29. The van der Waals surface area contributed by atoms with Crippen molar-refractivity contribution >= 4 is 10.9 Å². The van der Waals surface area contributed by atoms with Crippen molar-refractivity contribution in [1.82, 2.24) is 9.88 Å². The number of aliphatic hydroxyl groups is 1. The maximum atomic E-state index is 11.0. The zero-order chi connectivity index (χ0) is 16.0. The van der Waals surface area contributed by atoms with Crippen LogP contribution < -0.4 is 0 Å². The first-order chi connectivity index (χ1) is 11.2. The van der Waals surface area contributed by atoms with Gasteiger partial charge in [-0.15, -0.1) is 6.58 Å². The number of aliphatic hydroxyl groups excluding tert-OH is 1. The molecule has 5 atom stereocenters. The second kappa shape index (κ2) is 5.62. The summed E-state index contributed by atoms with van der Waals surface area (Å²) in [5, 5.41) is 21.7. The highest BCUT2D eigenvalue weighted by atomic mass is 16.3. The number of rotatable bonds is 3. The standard InChI is InChI=1S/C19H22N2O2/c1-2-12-11-21-8-6-13(12)9-18(21)19(23)15-5-7-20-17-4-3-14(22)10-16(15)17/h2-5,7,10,12-13,18-19,22-23H,1,6,8-9,11H2/t12-,13+,18-,19+/m1/s1. The molecule has 120 valence electrons. The fraction of sp³-hybridized carbons (Fsp3) is 0.421. The molecule has 0 saturated carbocycles. The van der Waals surface area contributed by atoms with Crippen LogP contribution in [0.3, 0.4) is 0 Å². The fourth-order valence-corrected chi connectivity index (χ4v) is 4.33. The summed E-state index contributed by atoms with van der Waals surface area (Å²) < 4.78 is 0. The zero-order valence-electron chi connectivity index (χ0n) is 13.1. The van der Waals surface area contributed by atoms with Gasteiger partial charge in [0.2, 0.25) is 0 Å². The molecule has 3 fully saturated rings. The maximum Gasteiger partial charge on any atom is 0.116 e. The van der Waals surface area contributed by atoms with E-state index < -0.39 is 6.10 Å². The molecule has 2 aromatic rings. The molecule has 4 heteroatoms. The lowest BCUT2D eigenvalue weighted by Gasteiger charge is -2.50. The fourth-order valence-electron chi connectivity index (χ4n) is 4.33. The first-order valence-corrected chi connectivity index (χ1v) is 8.29. The van der Waals surface area contributed by atoms with Crippen LogP contribution in [0.25, 0.3) is 10.9 Å². The molecule has 0 aliphatic carbocycles. The Hall–Kier alpha value is -1.91. The third-order valence-corrected chi connectivity index (χ3v) is 5.60. The van der Waals surface area contributed by atoms with Crippen LogP contribution in [0.1, 0.15) is 24.5 Å². The highest BCUT2D eigenvalue weighted by molar-refractivity contribution is 5.83. The van der Waals surface area contributed by atoms with Crippen molar-refractivity contribution in [3.8, 4) is 5.75 Å². The lowest BCUT2D eigenvalue weighted by Crippen LogP contribution is -2.54. The lowest BCUT2D eigenvalue weighted by molar-refractivity contribution is -0.0444. The number of phenolic OH excluding ortho intramolecular Hbond substituents is 1. The molecule has 5 rings (SSSR count). The summed E-state index contributed by atoms with van der Waals surface area (Å²) in [6, 6.07) is 7.14. The minimum atomic E-state index is -0.559. The van der Waals surface area contributed by atoms with E-state index in [-0.39, 0.29) is 11.8 Å². The molecule has 4 heterocycles. The number of hydrogen-bond acceptors (Lipinski definition) is 4. The van der Waals surface area contributed by atoms with E-state index >= 15 is 0 Å². The lowest BCUT2D eigenvalue weighted by atomic mass is 9.73. The molecule has 1 aromatic heterocycles. The van der Waals surface area contributed by atoms with Crippen LogP contribution in [-0.2, 0) is 0 Å². The number of benzene rings is 1. The van der Waals surface area contributed by atoms with Gasteiger partial charge in [-0.05, 0) is 61.1 Å². The van der Waals surface area contributed by atoms with Crippen molar-refractivity contribution in [2.45, 2.75) is 25.0 Å². The summed E-state index contributed by atoms with van der Waals surface area (Å²) in [6.45, 7) is 5.99. The van der Waals surface area contributed by atoms with Crippen molar-refractivity contribution in [2.24, 2.45) is 11.8 Å². The van der Waals surface area contributed by atoms with Gasteiger partial charge >= 0.3 is 0 Å². The summed E-state index contributed by atoms with van der Waals surface area (Å²) >= 11 is 0. The van der Waals surface area contributed by atoms with E-state index in [4.69, 9.17) is 0 Å². The Morgan fingerprint density at radius 2 is 2.22 bits per heavy atom. The molecular weight excluding hydrogens is 288 g/mol. The minimum absolute atomic E-state index is 0.137. The van der Waals surface area contributed by atoms with Gasteiger partial charge in [0, 0.05) is 24.2 Å². The monoisotopic (exact) mass is 310 g/mol. The highest BCUT2D eigenvalue weighted by Crippen LogP contribution is 2.42.